The topological polar surface area (TPSA) is 58.6 Å². The summed E-state index contributed by atoms with van der Waals surface area (Å²) in [5.41, 5.74) is 1.59. The van der Waals surface area contributed by atoms with Crippen LogP contribution in [0.25, 0.3) is 0 Å². The number of hydrogen-bond acceptors (Lipinski definition) is 4. The first-order valence-corrected chi connectivity index (χ1v) is 5.81. The van der Waals surface area contributed by atoms with Crippen LogP contribution in [0.3, 0.4) is 0 Å². The number of carbonyl (C=O) groups excluding carboxylic acids is 2. The van der Waals surface area contributed by atoms with Crippen LogP contribution in [0.15, 0.2) is 12.1 Å². The van der Waals surface area contributed by atoms with E-state index in [0.29, 0.717) is 29.4 Å². The molecule has 0 saturated carbocycles. The number of carbonyl (C=O) groups is 2. The minimum Gasteiger partial charge on any atom is -0.383 e. The van der Waals surface area contributed by atoms with Crippen LogP contribution in [0, 0.1) is 0 Å². The average Bonchev–Trinajstić information content (AvgIpc) is 2.62. The monoisotopic (exact) mass is 268 g/mol. The molecule has 1 heterocycles. The Hall–Kier alpha value is -1.59. The Balaban J connectivity index is 2.32. The standard InChI is InChI=1S/C12H13ClN2O3/c1-15(3-4-18-2)10-6-9-7(5-8(10)13)11(16)12(17)14-9/h5-6H,3-4H2,1-2H3,(H,14,16,17). The van der Waals surface area contributed by atoms with Gasteiger partial charge in [-0.1, -0.05) is 11.6 Å². The molecule has 0 bridgehead atoms. The summed E-state index contributed by atoms with van der Waals surface area (Å²) in [6.45, 7) is 1.23. The molecule has 6 heteroatoms. The first kappa shape index (κ1) is 12.9. The average molecular weight is 269 g/mol. The minimum absolute atomic E-state index is 0.328. The van der Waals surface area contributed by atoms with E-state index in [4.69, 9.17) is 16.3 Å². The maximum absolute atomic E-state index is 11.5. The Morgan fingerprint density at radius 3 is 2.78 bits per heavy atom. The zero-order valence-corrected chi connectivity index (χ0v) is 10.9. The van der Waals surface area contributed by atoms with E-state index in [-0.39, 0.29) is 0 Å². The molecule has 0 atom stereocenters. The lowest BCUT2D eigenvalue weighted by Crippen LogP contribution is -2.22. The van der Waals surface area contributed by atoms with E-state index in [1.54, 1.807) is 13.2 Å². The molecule has 5 nitrogen and oxygen atoms in total. The molecule has 18 heavy (non-hydrogen) atoms. The molecule has 1 amide bonds. The third-order valence-electron chi connectivity index (χ3n) is 2.83. The molecule has 0 aromatic heterocycles. The highest BCUT2D eigenvalue weighted by Gasteiger charge is 2.29. The highest BCUT2D eigenvalue weighted by molar-refractivity contribution is 6.52. The van der Waals surface area contributed by atoms with Gasteiger partial charge in [0.2, 0.25) is 0 Å². The summed E-state index contributed by atoms with van der Waals surface area (Å²) in [7, 11) is 3.49. The summed E-state index contributed by atoms with van der Waals surface area (Å²) in [6.07, 6.45) is 0. The molecule has 0 saturated heterocycles. The van der Waals surface area contributed by atoms with Crippen molar-refractivity contribution in [1.82, 2.24) is 0 Å². The number of rotatable bonds is 4. The van der Waals surface area contributed by atoms with Crippen LogP contribution in [0.5, 0.6) is 0 Å². The number of hydrogen-bond donors (Lipinski definition) is 1. The van der Waals surface area contributed by atoms with Crippen LogP contribution in [-0.2, 0) is 9.53 Å². The Kier molecular flexibility index (Phi) is 3.54. The molecule has 0 fully saturated rings. The second-order valence-electron chi connectivity index (χ2n) is 4.05. The van der Waals surface area contributed by atoms with Gasteiger partial charge in [0.25, 0.3) is 11.7 Å². The van der Waals surface area contributed by atoms with Gasteiger partial charge in [0.1, 0.15) is 0 Å². The summed E-state index contributed by atoms with van der Waals surface area (Å²) in [4.78, 5) is 24.7. The number of fused-ring (bicyclic) bond motifs is 1. The Morgan fingerprint density at radius 1 is 1.39 bits per heavy atom. The van der Waals surface area contributed by atoms with E-state index in [9.17, 15) is 9.59 Å². The lowest BCUT2D eigenvalue weighted by Gasteiger charge is -2.20. The Bertz CT molecular complexity index is 516. The number of Topliss-reactive ketones (excluding diaryl/α,β-unsaturated/α-hetero) is 1. The molecular weight excluding hydrogens is 256 g/mol. The fraction of sp³-hybridized carbons (Fsp3) is 0.333. The van der Waals surface area contributed by atoms with Crippen molar-refractivity contribution in [2.45, 2.75) is 0 Å². The number of anilines is 2. The van der Waals surface area contributed by atoms with E-state index < -0.39 is 11.7 Å². The Labute approximate surface area is 110 Å². The van der Waals surface area contributed by atoms with Crippen molar-refractivity contribution in [1.29, 1.82) is 0 Å². The number of ketones is 1. The minimum atomic E-state index is -0.613. The first-order valence-electron chi connectivity index (χ1n) is 5.44. The van der Waals surface area contributed by atoms with Crippen molar-refractivity contribution in [2.75, 3.05) is 37.5 Å². The maximum atomic E-state index is 11.5. The second-order valence-corrected chi connectivity index (χ2v) is 4.45. The summed E-state index contributed by atoms with van der Waals surface area (Å²) in [5, 5.41) is 2.96. The van der Waals surface area contributed by atoms with E-state index in [2.05, 4.69) is 5.32 Å². The second kappa shape index (κ2) is 4.96. The van der Waals surface area contributed by atoms with Crippen LogP contribution in [0.2, 0.25) is 5.02 Å². The van der Waals surface area contributed by atoms with Crippen molar-refractivity contribution in [3.8, 4) is 0 Å². The SMILES string of the molecule is COCCN(C)c1cc2c(cc1Cl)C(=O)C(=O)N2. The predicted octanol–water partition coefficient (Wildman–Crippen LogP) is 1.56. The van der Waals surface area contributed by atoms with Crippen molar-refractivity contribution >= 4 is 34.7 Å². The van der Waals surface area contributed by atoms with Crippen LogP contribution in [0.1, 0.15) is 10.4 Å². The van der Waals surface area contributed by atoms with E-state index in [0.717, 1.165) is 5.69 Å². The molecule has 1 aliphatic rings. The number of nitrogens with one attached hydrogen (secondary N) is 1. The van der Waals surface area contributed by atoms with Crippen LogP contribution in [0.4, 0.5) is 11.4 Å². The van der Waals surface area contributed by atoms with Gasteiger partial charge >= 0.3 is 0 Å². The molecule has 2 rings (SSSR count). The van der Waals surface area contributed by atoms with Crippen molar-refractivity contribution in [3.63, 3.8) is 0 Å². The van der Waals surface area contributed by atoms with Crippen LogP contribution < -0.4 is 10.2 Å². The molecule has 0 spiro atoms. The van der Waals surface area contributed by atoms with E-state index >= 15 is 0 Å². The molecule has 1 aromatic rings. The fourth-order valence-corrected chi connectivity index (χ4v) is 2.10. The molecule has 96 valence electrons. The first-order chi connectivity index (χ1) is 8.54. The third kappa shape index (κ3) is 2.19. The smallest absolute Gasteiger partial charge is 0.296 e. The molecule has 0 aliphatic carbocycles. The van der Waals surface area contributed by atoms with Crippen LogP contribution in [-0.4, -0.2) is 39.0 Å². The largest absolute Gasteiger partial charge is 0.383 e. The number of halogens is 1. The molecule has 0 unspecified atom stereocenters. The number of nitrogens with zero attached hydrogens (tertiary/aromatic N) is 1. The Morgan fingerprint density at radius 2 is 2.11 bits per heavy atom. The van der Waals surface area contributed by atoms with Gasteiger partial charge in [-0.25, -0.2) is 0 Å². The van der Waals surface area contributed by atoms with Gasteiger partial charge in [0, 0.05) is 20.7 Å². The van der Waals surface area contributed by atoms with Crippen molar-refractivity contribution < 1.29 is 14.3 Å². The number of likely N-dealkylation sites (N-methyl/N-ethyl adjacent to an activating group) is 1. The molecular formula is C12H13ClN2O3. The molecule has 1 aromatic carbocycles. The fourth-order valence-electron chi connectivity index (χ4n) is 1.80. The molecule has 1 N–H and O–H groups in total. The van der Waals surface area contributed by atoms with Crippen molar-refractivity contribution in [3.05, 3.63) is 22.7 Å². The number of benzene rings is 1. The van der Waals surface area contributed by atoms with Gasteiger partial charge in [-0.2, -0.15) is 0 Å². The van der Waals surface area contributed by atoms with E-state index in [1.165, 1.54) is 6.07 Å². The van der Waals surface area contributed by atoms with Gasteiger partial charge in [-0.3, -0.25) is 9.59 Å². The summed E-state index contributed by atoms with van der Waals surface area (Å²) in [5.74, 6) is -1.16. The highest BCUT2D eigenvalue weighted by atomic mass is 35.5. The maximum Gasteiger partial charge on any atom is 0.296 e. The van der Waals surface area contributed by atoms with Gasteiger partial charge in [0.05, 0.1) is 28.6 Å². The van der Waals surface area contributed by atoms with Crippen LogP contribution >= 0.6 is 11.6 Å². The summed E-state index contributed by atoms with van der Waals surface area (Å²) >= 11 is 6.12. The zero-order chi connectivity index (χ0) is 13.3. The predicted molar refractivity (Wildman–Crippen MR) is 69.6 cm³/mol. The molecule has 1 aliphatic heterocycles. The lowest BCUT2D eigenvalue weighted by molar-refractivity contribution is -0.112. The third-order valence-corrected chi connectivity index (χ3v) is 3.13. The summed E-state index contributed by atoms with van der Waals surface area (Å²) < 4.78 is 4.99. The molecule has 0 radical (unpaired) electrons. The number of amides is 1. The quantitative estimate of drug-likeness (QED) is 0.842. The highest BCUT2D eigenvalue weighted by Crippen LogP contribution is 2.34. The van der Waals surface area contributed by atoms with Gasteiger partial charge in [0.15, 0.2) is 0 Å². The van der Waals surface area contributed by atoms with Gasteiger partial charge in [-0.15, -0.1) is 0 Å². The summed E-state index contributed by atoms with van der Waals surface area (Å²) in [6, 6.07) is 3.23. The van der Waals surface area contributed by atoms with E-state index in [1.807, 2.05) is 11.9 Å². The number of methoxy groups -OCH3 is 1. The zero-order valence-electron chi connectivity index (χ0n) is 10.1. The van der Waals surface area contributed by atoms with Gasteiger partial charge < -0.3 is 15.0 Å². The normalized spacial score (nSPS) is 13.5. The lowest BCUT2D eigenvalue weighted by atomic mass is 10.1. The number of ether oxygens (including phenoxy) is 1. The van der Waals surface area contributed by atoms with Crippen molar-refractivity contribution in [2.24, 2.45) is 0 Å². The van der Waals surface area contributed by atoms with Gasteiger partial charge in [-0.05, 0) is 12.1 Å².